The molecule has 0 bridgehead atoms. The van der Waals surface area contributed by atoms with Gasteiger partial charge < -0.3 is 15.0 Å². The van der Waals surface area contributed by atoms with Crippen molar-refractivity contribution in [1.29, 1.82) is 0 Å². The Balaban J connectivity index is 2.15. The quantitative estimate of drug-likeness (QED) is 0.584. The Hall–Kier alpha value is -2.25. The van der Waals surface area contributed by atoms with Crippen molar-refractivity contribution in [2.45, 2.75) is 31.7 Å². The number of hydrogen-bond donors (Lipinski definition) is 1. The molecular formula is C22H26ClFN2O3S. The number of likely N-dealkylation sites (N-methyl/N-ethyl adjacent to an activating group) is 1. The van der Waals surface area contributed by atoms with Crippen molar-refractivity contribution in [1.82, 2.24) is 10.2 Å². The van der Waals surface area contributed by atoms with Crippen LogP contribution >= 0.6 is 23.4 Å². The first kappa shape index (κ1) is 24.0. The summed E-state index contributed by atoms with van der Waals surface area (Å²) in [6, 6.07) is 11.3. The normalized spacial score (nSPS) is 11.6. The SMILES string of the molecule is CC[C@H](C(=O)NC)N(Cc1cccc(OC)c1)C(=O)CSCc1c(F)cccc1Cl. The van der Waals surface area contributed by atoms with E-state index < -0.39 is 11.9 Å². The van der Waals surface area contributed by atoms with E-state index in [0.717, 1.165) is 5.56 Å². The highest BCUT2D eigenvalue weighted by atomic mass is 35.5. The summed E-state index contributed by atoms with van der Waals surface area (Å²) in [4.78, 5) is 27.0. The molecule has 2 aromatic carbocycles. The van der Waals surface area contributed by atoms with E-state index in [1.54, 1.807) is 31.2 Å². The van der Waals surface area contributed by atoms with Crippen molar-refractivity contribution in [2.24, 2.45) is 0 Å². The maximum Gasteiger partial charge on any atom is 0.242 e. The van der Waals surface area contributed by atoms with Crippen LogP contribution in [0.25, 0.3) is 0 Å². The molecule has 0 heterocycles. The van der Waals surface area contributed by atoms with Gasteiger partial charge in [0.25, 0.3) is 0 Å². The van der Waals surface area contributed by atoms with Crippen molar-refractivity contribution in [2.75, 3.05) is 19.9 Å². The standard InChI is InChI=1S/C22H26ClFN2O3S/c1-4-20(22(28)25-2)26(12-15-7-5-8-16(11-15)29-3)21(27)14-30-13-17-18(23)9-6-10-19(17)24/h5-11,20H,4,12-14H2,1-3H3,(H,25,28)/t20-/m1/s1. The van der Waals surface area contributed by atoms with E-state index in [-0.39, 0.29) is 29.9 Å². The van der Waals surface area contributed by atoms with E-state index in [0.29, 0.717) is 22.8 Å². The van der Waals surface area contributed by atoms with Crippen LogP contribution in [0.1, 0.15) is 24.5 Å². The van der Waals surface area contributed by atoms with Gasteiger partial charge in [-0.2, -0.15) is 0 Å². The number of carbonyl (C=O) groups is 2. The van der Waals surface area contributed by atoms with Crippen LogP contribution in [-0.4, -0.2) is 42.7 Å². The number of ether oxygens (including phenoxy) is 1. The van der Waals surface area contributed by atoms with Gasteiger partial charge in [-0.15, -0.1) is 11.8 Å². The third-order valence-electron chi connectivity index (χ3n) is 4.65. The van der Waals surface area contributed by atoms with E-state index in [1.807, 2.05) is 31.2 Å². The lowest BCUT2D eigenvalue weighted by molar-refractivity contribution is -0.139. The predicted octanol–water partition coefficient (Wildman–Crippen LogP) is 4.27. The number of hydrogen-bond acceptors (Lipinski definition) is 4. The molecule has 0 saturated heterocycles. The van der Waals surface area contributed by atoms with Crippen molar-refractivity contribution in [3.63, 3.8) is 0 Å². The minimum atomic E-state index is -0.605. The predicted molar refractivity (Wildman–Crippen MR) is 119 cm³/mol. The van der Waals surface area contributed by atoms with Gasteiger partial charge in [0.2, 0.25) is 11.8 Å². The van der Waals surface area contributed by atoms with Crippen LogP contribution in [-0.2, 0) is 21.9 Å². The van der Waals surface area contributed by atoms with E-state index in [9.17, 15) is 14.0 Å². The largest absolute Gasteiger partial charge is 0.497 e. The van der Waals surface area contributed by atoms with Crippen LogP contribution in [0.3, 0.4) is 0 Å². The molecular weight excluding hydrogens is 427 g/mol. The van der Waals surface area contributed by atoms with Gasteiger partial charge in [0, 0.05) is 29.9 Å². The Morgan fingerprint density at radius 3 is 2.63 bits per heavy atom. The Bertz CT molecular complexity index is 861. The number of benzene rings is 2. The highest BCUT2D eigenvalue weighted by molar-refractivity contribution is 7.99. The summed E-state index contributed by atoms with van der Waals surface area (Å²) < 4.78 is 19.2. The average molecular weight is 453 g/mol. The third kappa shape index (κ3) is 6.37. The Morgan fingerprint density at radius 1 is 1.27 bits per heavy atom. The summed E-state index contributed by atoms with van der Waals surface area (Å²) in [5.41, 5.74) is 1.22. The zero-order chi connectivity index (χ0) is 22.1. The Labute approximate surface area is 185 Å². The first-order chi connectivity index (χ1) is 14.4. The van der Waals surface area contributed by atoms with Crippen molar-refractivity contribution < 1.29 is 18.7 Å². The number of methoxy groups -OCH3 is 1. The third-order valence-corrected chi connectivity index (χ3v) is 5.95. The molecule has 0 aromatic heterocycles. The molecule has 1 atom stereocenters. The highest BCUT2D eigenvalue weighted by Gasteiger charge is 2.28. The van der Waals surface area contributed by atoms with E-state index in [1.165, 1.54) is 17.8 Å². The van der Waals surface area contributed by atoms with Crippen molar-refractivity contribution in [3.8, 4) is 5.75 Å². The number of amides is 2. The summed E-state index contributed by atoms with van der Waals surface area (Å²) in [5, 5.41) is 2.96. The molecule has 0 fully saturated rings. The molecule has 2 amide bonds. The Morgan fingerprint density at radius 2 is 2.00 bits per heavy atom. The zero-order valence-electron chi connectivity index (χ0n) is 17.3. The molecule has 0 saturated carbocycles. The van der Waals surface area contributed by atoms with Gasteiger partial charge in [-0.1, -0.05) is 36.7 Å². The second kappa shape index (κ2) is 11.8. The number of rotatable bonds is 10. The number of thioether (sulfide) groups is 1. The van der Waals surface area contributed by atoms with Gasteiger partial charge in [-0.05, 0) is 36.2 Å². The highest BCUT2D eigenvalue weighted by Crippen LogP contribution is 2.25. The van der Waals surface area contributed by atoms with Gasteiger partial charge in [0.15, 0.2) is 0 Å². The molecule has 0 aliphatic heterocycles. The lowest BCUT2D eigenvalue weighted by Gasteiger charge is -2.30. The van der Waals surface area contributed by atoms with E-state index >= 15 is 0 Å². The first-order valence-corrected chi connectivity index (χ1v) is 11.1. The molecule has 162 valence electrons. The Kier molecular flexibility index (Phi) is 9.46. The van der Waals surface area contributed by atoms with Gasteiger partial charge >= 0.3 is 0 Å². The number of halogens is 2. The minimum Gasteiger partial charge on any atom is -0.497 e. The van der Waals surface area contributed by atoms with Gasteiger partial charge in [-0.25, -0.2) is 4.39 Å². The maximum absolute atomic E-state index is 14.0. The summed E-state index contributed by atoms with van der Waals surface area (Å²) in [7, 11) is 3.13. The lowest BCUT2D eigenvalue weighted by Crippen LogP contribution is -2.48. The van der Waals surface area contributed by atoms with E-state index in [4.69, 9.17) is 16.3 Å². The molecule has 0 spiro atoms. The van der Waals surface area contributed by atoms with Gasteiger partial charge in [0.1, 0.15) is 17.6 Å². The summed E-state index contributed by atoms with van der Waals surface area (Å²) in [6.07, 6.45) is 0.471. The number of carbonyl (C=O) groups excluding carboxylic acids is 2. The number of nitrogens with zero attached hydrogens (tertiary/aromatic N) is 1. The molecule has 0 aliphatic rings. The van der Waals surface area contributed by atoms with Crippen LogP contribution < -0.4 is 10.1 Å². The average Bonchev–Trinajstić information content (AvgIpc) is 2.75. The minimum absolute atomic E-state index is 0.0993. The molecule has 2 rings (SSSR count). The van der Waals surface area contributed by atoms with E-state index in [2.05, 4.69) is 5.32 Å². The smallest absolute Gasteiger partial charge is 0.242 e. The molecule has 30 heavy (non-hydrogen) atoms. The topological polar surface area (TPSA) is 58.6 Å². The fraction of sp³-hybridized carbons (Fsp3) is 0.364. The van der Waals surface area contributed by atoms with Crippen molar-refractivity contribution >= 4 is 35.2 Å². The van der Waals surface area contributed by atoms with Crippen LogP contribution in [0.2, 0.25) is 5.02 Å². The maximum atomic E-state index is 14.0. The molecule has 0 radical (unpaired) electrons. The molecule has 0 unspecified atom stereocenters. The fourth-order valence-corrected chi connectivity index (χ4v) is 4.30. The van der Waals surface area contributed by atoms with Gasteiger partial charge in [0.05, 0.1) is 12.9 Å². The number of nitrogens with one attached hydrogen (secondary N) is 1. The molecule has 8 heteroatoms. The van der Waals surface area contributed by atoms with Crippen LogP contribution in [0.5, 0.6) is 5.75 Å². The summed E-state index contributed by atoms with van der Waals surface area (Å²) in [5.74, 6) is 0.217. The second-order valence-corrected chi connectivity index (χ2v) is 8.00. The fourth-order valence-electron chi connectivity index (χ4n) is 3.05. The molecule has 2 aromatic rings. The lowest BCUT2D eigenvalue weighted by atomic mass is 10.1. The monoisotopic (exact) mass is 452 g/mol. The second-order valence-electron chi connectivity index (χ2n) is 6.60. The van der Waals surface area contributed by atoms with Crippen molar-refractivity contribution in [3.05, 3.63) is 64.4 Å². The summed E-state index contributed by atoms with van der Waals surface area (Å²) in [6.45, 7) is 2.13. The molecule has 5 nitrogen and oxygen atoms in total. The molecule has 1 N–H and O–H groups in total. The van der Waals surface area contributed by atoms with Crippen LogP contribution in [0.4, 0.5) is 4.39 Å². The summed E-state index contributed by atoms with van der Waals surface area (Å²) >= 11 is 7.33. The first-order valence-electron chi connectivity index (χ1n) is 9.55. The molecule has 0 aliphatic carbocycles. The van der Waals surface area contributed by atoms with Gasteiger partial charge in [-0.3, -0.25) is 9.59 Å². The van der Waals surface area contributed by atoms with Crippen LogP contribution in [0, 0.1) is 5.82 Å². The van der Waals surface area contributed by atoms with Crippen LogP contribution in [0.15, 0.2) is 42.5 Å². The zero-order valence-corrected chi connectivity index (χ0v) is 18.9.